The zero-order valence-electron chi connectivity index (χ0n) is 25.6. The van der Waals surface area contributed by atoms with Crippen LogP contribution in [0.5, 0.6) is 11.5 Å². The number of esters is 2. The summed E-state index contributed by atoms with van der Waals surface area (Å²) in [5, 5.41) is 22.0. The Labute approximate surface area is 253 Å². The molecule has 3 heterocycles. The number of allylic oxidation sites excluding steroid dienone is 1. The number of methoxy groups -OCH3 is 1. The lowest BCUT2D eigenvalue weighted by molar-refractivity contribution is -0.179. The zero-order valence-corrected chi connectivity index (χ0v) is 25.6. The van der Waals surface area contributed by atoms with Crippen LogP contribution in [0.1, 0.15) is 82.3 Å². The maximum absolute atomic E-state index is 14.0. The molecule has 0 aromatic heterocycles. The number of unbranched alkanes of at least 4 members (excludes halogenated alkanes) is 1. The predicted octanol–water partition coefficient (Wildman–Crippen LogP) is 3.92. The molecule has 1 aromatic rings. The lowest BCUT2D eigenvalue weighted by atomic mass is 9.77. The summed E-state index contributed by atoms with van der Waals surface area (Å²) in [6.07, 6.45) is 6.91. The van der Waals surface area contributed by atoms with Crippen molar-refractivity contribution in [1.82, 2.24) is 4.90 Å². The topological polar surface area (TPSA) is 124 Å². The molecule has 1 fully saturated rings. The van der Waals surface area contributed by atoms with E-state index in [-0.39, 0.29) is 25.7 Å². The molecule has 4 aliphatic rings. The van der Waals surface area contributed by atoms with E-state index in [1.807, 2.05) is 12.1 Å². The van der Waals surface area contributed by atoms with Gasteiger partial charge in [0.15, 0.2) is 23.2 Å². The van der Waals surface area contributed by atoms with Crippen LogP contribution < -0.4 is 9.47 Å². The third-order valence-corrected chi connectivity index (χ3v) is 9.21. The first-order valence-electron chi connectivity index (χ1n) is 15.4. The standard InChI is InChI=1S/C33H45NO9/c1-5-6-7-16-40-27(35)20-33(38,13-8-11-31(2,3)37)30(36)43-29-26(39-4)19-32-12-9-14-34(32)15-10-22-17-24-25(42-21-41-24)18-23(22)28(29)32/h5,17-19,28-29,37-38H,1,6-16,20-21H2,2-4H3. The summed E-state index contributed by atoms with van der Waals surface area (Å²) in [4.78, 5) is 29.2. The van der Waals surface area contributed by atoms with E-state index >= 15 is 0 Å². The lowest BCUT2D eigenvalue weighted by Crippen LogP contribution is -2.49. The van der Waals surface area contributed by atoms with E-state index in [0.29, 0.717) is 42.9 Å². The van der Waals surface area contributed by atoms with Crippen molar-refractivity contribution >= 4 is 11.9 Å². The monoisotopic (exact) mass is 599 g/mol. The van der Waals surface area contributed by atoms with Crippen LogP contribution in [0.3, 0.4) is 0 Å². The highest BCUT2D eigenvalue weighted by Crippen LogP contribution is 2.55. The summed E-state index contributed by atoms with van der Waals surface area (Å²) in [6, 6.07) is 4.02. The number of fused-ring (bicyclic) bond motifs is 3. The summed E-state index contributed by atoms with van der Waals surface area (Å²) < 4.78 is 28.8. The molecule has 1 aromatic carbocycles. The van der Waals surface area contributed by atoms with Gasteiger partial charge in [0.1, 0.15) is 5.76 Å². The second kappa shape index (κ2) is 12.5. The van der Waals surface area contributed by atoms with Crippen LogP contribution in [-0.2, 0) is 30.2 Å². The smallest absolute Gasteiger partial charge is 0.339 e. The molecule has 1 spiro atoms. The van der Waals surface area contributed by atoms with Crippen molar-refractivity contribution in [1.29, 1.82) is 0 Å². The normalized spacial score (nSPS) is 25.5. The largest absolute Gasteiger partial charge is 0.497 e. The van der Waals surface area contributed by atoms with Gasteiger partial charge in [0.25, 0.3) is 0 Å². The molecular formula is C33H45NO9. The van der Waals surface area contributed by atoms with Crippen LogP contribution in [0.15, 0.2) is 36.6 Å². The summed E-state index contributed by atoms with van der Waals surface area (Å²) in [6.45, 7) is 9.04. The van der Waals surface area contributed by atoms with E-state index < -0.39 is 41.2 Å². The Morgan fingerprint density at radius 1 is 1.16 bits per heavy atom. The second-order valence-electron chi connectivity index (χ2n) is 12.8. The van der Waals surface area contributed by atoms with Gasteiger partial charge in [-0.3, -0.25) is 9.69 Å². The molecule has 43 heavy (non-hydrogen) atoms. The molecule has 4 atom stereocenters. The van der Waals surface area contributed by atoms with E-state index in [4.69, 9.17) is 23.7 Å². The van der Waals surface area contributed by atoms with Crippen LogP contribution >= 0.6 is 0 Å². The minimum atomic E-state index is -2.15. The number of nitrogens with zero attached hydrogens (tertiary/aromatic N) is 1. The van der Waals surface area contributed by atoms with E-state index in [1.165, 1.54) is 0 Å². The summed E-state index contributed by atoms with van der Waals surface area (Å²) in [7, 11) is 1.56. The third kappa shape index (κ3) is 6.42. The lowest BCUT2D eigenvalue weighted by Gasteiger charge is -2.39. The molecule has 1 aliphatic carbocycles. The Morgan fingerprint density at radius 3 is 2.65 bits per heavy atom. The molecule has 236 valence electrons. The Morgan fingerprint density at radius 2 is 1.93 bits per heavy atom. The first-order chi connectivity index (χ1) is 20.5. The number of aliphatic hydroxyl groups is 2. The molecule has 0 amide bonds. The average molecular weight is 600 g/mol. The van der Waals surface area contributed by atoms with Crippen LogP contribution in [0.25, 0.3) is 0 Å². The first kappa shape index (κ1) is 31.3. The fraction of sp³-hybridized carbons (Fsp3) is 0.636. The molecule has 3 aliphatic heterocycles. The maximum Gasteiger partial charge on any atom is 0.339 e. The Kier molecular flexibility index (Phi) is 9.11. The number of benzene rings is 1. The summed E-state index contributed by atoms with van der Waals surface area (Å²) >= 11 is 0. The van der Waals surface area contributed by atoms with Gasteiger partial charge in [0, 0.05) is 6.54 Å². The maximum atomic E-state index is 14.0. The minimum absolute atomic E-state index is 0.0759. The van der Waals surface area contributed by atoms with Crippen LogP contribution in [-0.4, -0.2) is 83.5 Å². The number of carbonyl (C=O) groups excluding carboxylic acids is 2. The molecule has 5 rings (SSSR count). The van der Waals surface area contributed by atoms with Crippen molar-refractivity contribution < 1.29 is 43.5 Å². The molecular weight excluding hydrogens is 554 g/mol. The fourth-order valence-electron chi connectivity index (χ4n) is 7.10. The summed E-state index contributed by atoms with van der Waals surface area (Å²) in [5.74, 6) is -0.0410. The van der Waals surface area contributed by atoms with E-state index in [9.17, 15) is 19.8 Å². The van der Waals surface area contributed by atoms with Gasteiger partial charge < -0.3 is 33.9 Å². The average Bonchev–Trinajstić information content (AvgIpc) is 3.64. The SMILES string of the molecule is C=CCCCOC(=O)CC(O)(CCCC(C)(C)O)C(=O)OC1C(OC)=CC23CCCN2CCc2cc4c(cc2C13)OCO4. The van der Waals surface area contributed by atoms with Gasteiger partial charge in [-0.15, -0.1) is 6.58 Å². The highest BCUT2D eigenvalue weighted by atomic mass is 16.7. The summed E-state index contributed by atoms with van der Waals surface area (Å²) in [5.41, 5.74) is -1.48. The van der Waals surface area contributed by atoms with Crippen molar-refractivity contribution in [2.24, 2.45) is 0 Å². The molecule has 4 unspecified atom stereocenters. The van der Waals surface area contributed by atoms with Gasteiger partial charge in [-0.1, -0.05) is 6.08 Å². The molecule has 10 heteroatoms. The van der Waals surface area contributed by atoms with Gasteiger partial charge in [-0.25, -0.2) is 4.79 Å². The highest BCUT2D eigenvalue weighted by molar-refractivity contribution is 5.86. The van der Waals surface area contributed by atoms with E-state index in [1.54, 1.807) is 27.0 Å². The predicted molar refractivity (Wildman–Crippen MR) is 158 cm³/mol. The Bertz CT molecular complexity index is 1250. The van der Waals surface area contributed by atoms with Crippen molar-refractivity contribution in [3.05, 3.63) is 47.7 Å². The molecule has 0 saturated carbocycles. The number of hydrogen-bond donors (Lipinski definition) is 2. The molecule has 0 bridgehead atoms. The van der Waals surface area contributed by atoms with Crippen molar-refractivity contribution in [3.8, 4) is 11.5 Å². The van der Waals surface area contributed by atoms with Gasteiger partial charge in [0.2, 0.25) is 6.79 Å². The number of hydrogen-bond acceptors (Lipinski definition) is 10. The van der Waals surface area contributed by atoms with Gasteiger partial charge >= 0.3 is 11.9 Å². The molecule has 0 radical (unpaired) electrons. The molecule has 1 saturated heterocycles. The van der Waals surface area contributed by atoms with Crippen molar-refractivity contribution in [2.45, 2.75) is 100 Å². The number of carbonyl (C=O) groups is 2. The van der Waals surface area contributed by atoms with Crippen LogP contribution in [0.4, 0.5) is 0 Å². The van der Waals surface area contributed by atoms with Crippen LogP contribution in [0.2, 0.25) is 0 Å². The quantitative estimate of drug-likeness (QED) is 0.196. The Hall–Kier alpha value is -3.08. The van der Waals surface area contributed by atoms with Gasteiger partial charge in [-0.2, -0.15) is 0 Å². The van der Waals surface area contributed by atoms with Gasteiger partial charge in [0.05, 0.1) is 37.2 Å². The third-order valence-electron chi connectivity index (χ3n) is 9.21. The van der Waals surface area contributed by atoms with Gasteiger partial charge in [-0.05, 0) is 101 Å². The number of rotatable bonds is 13. The zero-order chi connectivity index (χ0) is 30.8. The Balaban J connectivity index is 1.45. The van der Waals surface area contributed by atoms with E-state index in [2.05, 4.69) is 17.6 Å². The first-order valence-corrected chi connectivity index (χ1v) is 15.4. The minimum Gasteiger partial charge on any atom is -0.497 e. The van der Waals surface area contributed by atoms with Crippen molar-refractivity contribution in [3.63, 3.8) is 0 Å². The highest BCUT2D eigenvalue weighted by Gasteiger charge is 2.59. The van der Waals surface area contributed by atoms with Crippen molar-refractivity contribution in [2.75, 3.05) is 33.6 Å². The fourth-order valence-corrected chi connectivity index (χ4v) is 7.10. The van der Waals surface area contributed by atoms with Crippen LogP contribution in [0, 0.1) is 0 Å². The number of ether oxygens (including phenoxy) is 5. The molecule has 10 nitrogen and oxygen atoms in total. The van der Waals surface area contributed by atoms with E-state index in [0.717, 1.165) is 43.5 Å². The second-order valence-corrected chi connectivity index (χ2v) is 12.8. The molecule has 2 N–H and O–H groups in total.